The molecule has 19 heteroatoms. The molecule has 0 rings (SSSR count). The third-order valence-electron chi connectivity index (χ3n) is 19.2. The second-order valence-electron chi connectivity index (χ2n) is 30.5. The number of ether oxygens (including phenoxy) is 4. The summed E-state index contributed by atoms with van der Waals surface area (Å²) in [7, 11) is -9.92. The van der Waals surface area contributed by atoms with Crippen LogP contribution in [0.25, 0.3) is 0 Å². The first-order valence-electron chi connectivity index (χ1n) is 42.5. The van der Waals surface area contributed by atoms with Crippen LogP contribution in [0.3, 0.4) is 0 Å². The monoisotopic (exact) mass is 1480 g/mol. The molecule has 0 heterocycles. The summed E-state index contributed by atoms with van der Waals surface area (Å²) in [5, 5.41) is 10.6. The van der Waals surface area contributed by atoms with Crippen molar-refractivity contribution in [2.24, 2.45) is 11.8 Å². The Bertz CT molecular complexity index is 1940. The molecule has 0 bridgehead atoms. The van der Waals surface area contributed by atoms with Crippen LogP contribution in [0.5, 0.6) is 0 Å². The van der Waals surface area contributed by atoms with Crippen LogP contribution < -0.4 is 0 Å². The molecule has 0 saturated heterocycles. The molecule has 0 aliphatic heterocycles. The third kappa shape index (κ3) is 76.1. The predicted octanol–water partition coefficient (Wildman–Crippen LogP) is 24.7. The minimum atomic E-state index is -4.96. The largest absolute Gasteiger partial charge is 0.472 e. The number of carbonyl (C=O) groups excluding carboxylic acids is 4. The molecular weight excluding hydrogens is 1320 g/mol. The summed E-state index contributed by atoms with van der Waals surface area (Å²) in [5.41, 5.74) is 0. The van der Waals surface area contributed by atoms with E-state index in [2.05, 4.69) is 41.5 Å². The number of unbranched alkanes of at least 4 members (excludes halogenated alkanes) is 51. The van der Waals surface area contributed by atoms with Gasteiger partial charge >= 0.3 is 39.5 Å². The van der Waals surface area contributed by atoms with Crippen LogP contribution in [0.4, 0.5) is 0 Å². The van der Waals surface area contributed by atoms with Crippen LogP contribution in [-0.2, 0) is 65.4 Å². The number of carbonyl (C=O) groups is 4. The third-order valence-corrected chi connectivity index (χ3v) is 21.1. The molecule has 0 aromatic carbocycles. The van der Waals surface area contributed by atoms with Gasteiger partial charge in [0.2, 0.25) is 0 Å². The number of hydrogen-bond acceptors (Lipinski definition) is 15. The fraction of sp³-hybridized carbons (Fsp3) is 0.951. The molecule has 0 amide bonds. The van der Waals surface area contributed by atoms with E-state index in [0.717, 1.165) is 102 Å². The Morgan fingerprint density at radius 1 is 0.267 bits per heavy atom. The maximum Gasteiger partial charge on any atom is 0.472 e. The van der Waals surface area contributed by atoms with Crippen molar-refractivity contribution in [2.75, 3.05) is 39.6 Å². The zero-order chi connectivity index (χ0) is 74.2. The normalized spacial score (nSPS) is 13.9. The maximum atomic E-state index is 13.1. The van der Waals surface area contributed by atoms with Crippen molar-refractivity contribution >= 4 is 39.5 Å². The lowest BCUT2D eigenvalue weighted by Gasteiger charge is -2.21. The Balaban J connectivity index is 5.23. The van der Waals surface area contributed by atoms with Crippen LogP contribution in [0, 0.1) is 11.8 Å². The summed E-state index contributed by atoms with van der Waals surface area (Å²) in [6, 6.07) is 0. The van der Waals surface area contributed by atoms with Gasteiger partial charge in [-0.1, -0.05) is 382 Å². The van der Waals surface area contributed by atoms with Crippen molar-refractivity contribution in [2.45, 2.75) is 452 Å². The van der Waals surface area contributed by atoms with Gasteiger partial charge < -0.3 is 33.8 Å². The van der Waals surface area contributed by atoms with Crippen molar-refractivity contribution in [1.29, 1.82) is 0 Å². The quantitative estimate of drug-likeness (QED) is 0.0222. The van der Waals surface area contributed by atoms with E-state index >= 15 is 0 Å². The Kier molecular flexibility index (Phi) is 72.2. The van der Waals surface area contributed by atoms with Gasteiger partial charge in [0, 0.05) is 25.7 Å². The number of aliphatic hydroxyl groups is 1. The van der Waals surface area contributed by atoms with E-state index in [1.165, 1.54) is 244 Å². The fourth-order valence-electron chi connectivity index (χ4n) is 12.7. The molecule has 0 fully saturated rings. The molecule has 2 unspecified atom stereocenters. The van der Waals surface area contributed by atoms with Crippen LogP contribution in [-0.4, -0.2) is 96.7 Å². The van der Waals surface area contributed by atoms with E-state index in [9.17, 15) is 43.2 Å². The van der Waals surface area contributed by atoms with E-state index in [0.29, 0.717) is 31.6 Å². The van der Waals surface area contributed by atoms with E-state index < -0.39 is 97.5 Å². The lowest BCUT2D eigenvalue weighted by atomic mass is 10.0. The van der Waals surface area contributed by atoms with E-state index in [4.69, 9.17) is 37.0 Å². The van der Waals surface area contributed by atoms with Crippen LogP contribution >= 0.6 is 15.6 Å². The topological polar surface area (TPSA) is 237 Å². The number of phosphoric acid groups is 2. The van der Waals surface area contributed by atoms with Gasteiger partial charge in [-0.05, 0) is 37.5 Å². The lowest BCUT2D eigenvalue weighted by Crippen LogP contribution is -2.30. The highest BCUT2D eigenvalue weighted by Crippen LogP contribution is 2.45. The highest BCUT2D eigenvalue weighted by molar-refractivity contribution is 7.47. The highest BCUT2D eigenvalue weighted by atomic mass is 31.2. The van der Waals surface area contributed by atoms with Gasteiger partial charge in [-0.3, -0.25) is 37.3 Å². The van der Waals surface area contributed by atoms with Crippen molar-refractivity contribution in [3.05, 3.63) is 0 Å². The van der Waals surface area contributed by atoms with Gasteiger partial charge in [0.15, 0.2) is 12.2 Å². The highest BCUT2D eigenvalue weighted by Gasteiger charge is 2.30. The molecule has 0 aliphatic rings. The summed E-state index contributed by atoms with van der Waals surface area (Å²) in [6.07, 6.45) is 63.9. The standard InChI is InChI=1S/C82H160O17P2/c1-7-9-11-13-15-17-19-21-23-24-25-29-33-36-40-46-52-58-64-79(84)92-70-77(98-81(86)67-61-55-48-42-38-34-30-27-26-28-31-35-39-44-50-56-62-74(3)4)72-96-100(88,89)94-68-76(83)69-95-101(90,91)97-73-78(71-93-80(85)65-59-53-49-43-45-51-57-63-75(5)6)99-82(87)66-60-54-47-41-37-32-22-20-18-16-14-12-10-8-2/h74-78,83H,7-73H2,1-6H3,(H,88,89)(H,90,91)/t76-,77-,78-/m1/s1. The summed E-state index contributed by atoms with van der Waals surface area (Å²) in [5.74, 6) is -0.593. The summed E-state index contributed by atoms with van der Waals surface area (Å²) in [4.78, 5) is 73.0. The fourth-order valence-corrected chi connectivity index (χ4v) is 14.3. The molecule has 0 spiro atoms. The second-order valence-corrected chi connectivity index (χ2v) is 33.4. The van der Waals surface area contributed by atoms with Crippen molar-refractivity contribution in [1.82, 2.24) is 0 Å². The number of aliphatic hydroxyl groups excluding tert-OH is 1. The number of phosphoric ester groups is 2. The predicted molar refractivity (Wildman–Crippen MR) is 414 cm³/mol. The lowest BCUT2D eigenvalue weighted by molar-refractivity contribution is -0.161. The van der Waals surface area contributed by atoms with Crippen molar-refractivity contribution in [3.63, 3.8) is 0 Å². The molecule has 600 valence electrons. The van der Waals surface area contributed by atoms with Gasteiger partial charge in [0.1, 0.15) is 19.3 Å². The second kappa shape index (κ2) is 73.6. The SMILES string of the molecule is CCCCCCCCCCCCCCCCCCCCC(=O)OC[C@H](COP(=O)(O)OC[C@@H](O)COP(=O)(O)OC[C@@H](COC(=O)CCCCCCCCCC(C)C)OC(=O)CCCCCCCCCCCCCCCC)OC(=O)CCCCCCCCCCCCCCCCCCC(C)C. The van der Waals surface area contributed by atoms with Crippen LogP contribution in [0.1, 0.15) is 433 Å². The molecule has 17 nitrogen and oxygen atoms in total. The first-order valence-corrected chi connectivity index (χ1v) is 45.5. The molecule has 0 radical (unpaired) electrons. The molecule has 3 N–H and O–H groups in total. The van der Waals surface area contributed by atoms with Gasteiger partial charge in [0.25, 0.3) is 0 Å². The minimum absolute atomic E-state index is 0.107. The zero-order valence-corrected chi connectivity index (χ0v) is 68.0. The molecular formula is C82H160O17P2. The Morgan fingerprint density at radius 2 is 0.455 bits per heavy atom. The van der Waals surface area contributed by atoms with Gasteiger partial charge in [-0.2, -0.15) is 0 Å². The van der Waals surface area contributed by atoms with Crippen molar-refractivity contribution in [3.8, 4) is 0 Å². The molecule has 0 aromatic rings. The summed E-state index contributed by atoms with van der Waals surface area (Å²) in [6.45, 7) is 9.62. The average molecular weight is 1480 g/mol. The molecule has 5 atom stereocenters. The number of esters is 4. The van der Waals surface area contributed by atoms with E-state index in [1.807, 2.05) is 0 Å². The van der Waals surface area contributed by atoms with E-state index in [1.54, 1.807) is 0 Å². The zero-order valence-electron chi connectivity index (χ0n) is 66.2. The molecule has 0 aromatic heterocycles. The molecule has 0 aliphatic carbocycles. The van der Waals surface area contributed by atoms with Crippen LogP contribution in [0.2, 0.25) is 0 Å². The van der Waals surface area contributed by atoms with Gasteiger partial charge in [0.05, 0.1) is 26.4 Å². The first-order chi connectivity index (χ1) is 48.9. The Morgan fingerprint density at radius 3 is 0.673 bits per heavy atom. The smallest absolute Gasteiger partial charge is 0.462 e. The van der Waals surface area contributed by atoms with Gasteiger partial charge in [-0.25, -0.2) is 9.13 Å². The van der Waals surface area contributed by atoms with Gasteiger partial charge in [-0.15, -0.1) is 0 Å². The molecule has 0 saturated carbocycles. The summed E-state index contributed by atoms with van der Waals surface area (Å²) >= 11 is 0. The van der Waals surface area contributed by atoms with E-state index in [-0.39, 0.29) is 25.7 Å². The number of hydrogen-bond donors (Lipinski definition) is 3. The van der Waals surface area contributed by atoms with Crippen LogP contribution in [0.15, 0.2) is 0 Å². The van der Waals surface area contributed by atoms with Crippen molar-refractivity contribution < 1.29 is 80.2 Å². The maximum absolute atomic E-state index is 13.1. The number of rotatable bonds is 81. The first kappa shape index (κ1) is 99.1. The Labute approximate surface area is 619 Å². The Hall–Kier alpha value is -1.94. The average Bonchev–Trinajstić information content (AvgIpc) is 1.05. The molecule has 101 heavy (non-hydrogen) atoms. The minimum Gasteiger partial charge on any atom is -0.462 e. The summed E-state index contributed by atoms with van der Waals surface area (Å²) < 4.78 is 68.7.